The molecule has 1 aromatic carbocycles. The van der Waals surface area contributed by atoms with Crippen molar-refractivity contribution in [1.82, 2.24) is 20.3 Å². The van der Waals surface area contributed by atoms with Crippen molar-refractivity contribution in [2.75, 3.05) is 19.0 Å². The van der Waals surface area contributed by atoms with E-state index in [2.05, 4.69) is 20.3 Å². The standard InChI is InChI=1S/C19H19N5O/c1-24(2)17-9-8-14(10-20-17)11-23-19(25)16-12-21-18(22-13-16)15-6-4-3-5-7-15/h3-10,12-13H,11H2,1-2H3,(H,23,25). The Bertz CT molecular complexity index is 830. The number of pyridine rings is 1. The highest BCUT2D eigenvalue weighted by Gasteiger charge is 2.08. The van der Waals surface area contributed by atoms with Gasteiger partial charge in [0.2, 0.25) is 0 Å². The van der Waals surface area contributed by atoms with Crippen LogP contribution in [0.1, 0.15) is 15.9 Å². The summed E-state index contributed by atoms with van der Waals surface area (Å²) in [6.45, 7) is 0.403. The van der Waals surface area contributed by atoms with Crippen molar-refractivity contribution in [3.8, 4) is 11.4 Å². The smallest absolute Gasteiger partial charge is 0.254 e. The van der Waals surface area contributed by atoms with Crippen LogP contribution in [0.3, 0.4) is 0 Å². The fourth-order valence-corrected chi connectivity index (χ4v) is 2.25. The number of aromatic nitrogens is 3. The van der Waals surface area contributed by atoms with Gasteiger partial charge in [-0.2, -0.15) is 0 Å². The number of benzene rings is 1. The van der Waals surface area contributed by atoms with Gasteiger partial charge in [-0.15, -0.1) is 0 Å². The Balaban J connectivity index is 1.61. The molecule has 0 unspecified atom stereocenters. The van der Waals surface area contributed by atoms with Gasteiger partial charge < -0.3 is 10.2 Å². The molecular formula is C19H19N5O. The number of hydrogen-bond donors (Lipinski definition) is 1. The highest BCUT2D eigenvalue weighted by Crippen LogP contribution is 2.13. The fourth-order valence-electron chi connectivity index (χ4n) is 2.25. The van der Waals surface area contributed by atoms with Crippen molar-refractivity contribution < 1.29 is 4.79 Å². The quantitative estimate of drug-likeness (QED) is 0.777. The largest absolute Gasteiger partial charge is 0.363 e. The molecule has 0 saturated heterocycles. The van der Waals surface area contributed by atoms with Crippen molar-refractivity contribution in [1.29, 1.82) is 0 Å². The minimum Gasteiger partial charge on any atom is -0.363 e. The lowest BCUT2D eigenvalue weighted by Gasteiger charge is -2.11. The number of amides is 1. The maximum atomic E-state index is 12.2. The van der Waals surface area contributed by atoms with Crippen LogP contribution in [0, 0.1) is 0 Å². The van der Waals surface area contributed by atoms with Gasteiger partial charge in [-0.25, -0.2) is 15.0 Å². The molecule has 0 bridgehead atoms. The normalized spacial score (nSPS) is 10.3. The number of carbonyl (C=O) groups excluding carboxylic acids is 1. The average Bonchev–Trinajstić information content (AvgIpc) is 2.67. The Morgan fingerprint density at radius 2 is 1.68 bits per heavy atom. The van der Waals surface area contributed by atoms with Crippen LogP contribution in [0.15, 0.2) is 61.1 Å². The van der Waals surface area contributed by atoms with Gasteiger partial charge in [-0.3, -0.25) is 4.79 Å². The third-order valence-corrected chi connectivity index (χ3v) is 3.67. The lowest BCUT2D eigenvalue weighted by molar-refractivity contribution is 0.0950. The first-order valence-electron chi connectivity index (χ1n) is 7.91. The highest BCUT2D eigenvalue weighted by molar-refractivity contribution is 5.93. The van der Waals surface area contributed by atoms with E-state index in [0.717, 1.165) is 16.9 Å². The van der Waals surface area contributed by atoms with E-state index in [1.807, 2.05) is 61.5 Å². The molecule has 0 aliphatic carbocycles. The van der Waals surface area contributed by atoms with Crippen LogP contribution in [0.25, 0.3) is 11.4 Å². The number of nitrogens with zero attached hydrogens (tertiary/aromatic N) is 4. The van der Waals surface area contributed by atoms with E-state index in [4.69, 9.17) is 0 Å². The molecule has 1 amide bonds. The van der Waals surface area contributed by atoms with Crippen LogP contribution < -0.4 is 10.2 Å². The predicted molar refractivity (Wildman–Crippen MR) is 97.2 cm³/mol. The summed E-state index contributed by atoms with van der Waals surface area (Å²) in [4.78, 5) is 27.0. The zero-order valence-corrected chi connectivity index (χ0v) is 14.2. The van der Waals surface area contributed by atoms with E-state index in [1.54, 1.807) is 6.20 Å². The molecule has 6 heteroatoms. The summed E-state index contributed by atoms with van der Waals surface area (Å²) in [6.07, 6.45) is 4.83. The summed E-state index contributed by atoms with van der Waals surface area (Å²) in [6, 6.07) is 13.5. The Morgan fingerprint density at radius 3 is 2.28 bits per heavy atom. The first-order chi connectivity index (χ1) is 12.1. The first kappa shape index (κ1) is 16.6. The van der Waals surface area contributed by atoms with E-state index in [1.165, 1.54) is 12.4 Å². The summed E-state index contributed by atoms with van der Waals surface area (Å²) < 4.78 is 0. The molecule has 2 heterocycles. The molecule has 3 rings (SSSR count). The average molecular weight is 333 g/mol. The van der Waals surface area contributed by atoms with Gasteiger partial charge in [-0.1, -0.05) is 36.4 Å². The highest BCUT2D eigenvalue weighted by atomic mass is 16.1. The van der Waals surface area contributed by atoms with Crippen LogP contribution >= 0.6 is 0 Å². The van der Waals surface area contributed by atoms with Gasteiger partial charge >= 0.3 is 0 Å². The van der Waals surface area contributed by atoms with Gasteiger partial charge in [-0.05, 0) is 11.6 Å². The van der Waals surface area contributed by atoms with Gasteiger partial charge in [0.1, 0.15) is 5.82 Å². The van der Waals surface area contributed by atoms with Gasteiger partial charge in [0, 0.05) is 44.8 Å². The first-order valence-corrected chi connectivity index (χ1v) is 7.91. The van der Waals surface area contributed by atoms with E-state index >= 15 is 0 Å². The van der Waals surface area contributed by atoms with Gasteiger partial charge in [0.25, 0.3) is 5.91 Å². The molecule has 3 aromatic rings. The Labute approximate surface area is 146 Å². The molecule has 1 N–H and O–H groups in total. The molecule has 0 saturated carbocycles. The third kappa shape index (κ3) is 4.17. The topological polar surface area (TPSA) is 71.0 Å². The van der Waals surface area contributed by atoms with E-state index in [-0.39, 0.29) is 5.91 Å². The lowest BCUT2D eigenvalue weighted by Crippen LogP contribution is -2.23. The minimum atomic E-state index is -0.212. The molecule has 126 valence electrons. The summed E-state index contributed by atoms with van der Waals surface area (Å²) in [5.74, 6) is 1.26. The number of carbonyl (C=O) groups is 1. The van der Waals surface area contributed by atoms with E-state index in [0.29, 0.717) is 17.9 Å². The van der Waals surface area contributed by atoms with E-state index in [9.17, 15) is 4.79 Å². The third-order valence-electron chi connectivity index (χ3n) is 3.67. The molecule has 0 spiro atoms. The summed E-state index contributed by atoms with van der Waals surface area (Å²) in [5, 5.41) is 2.85. The van der Waals surface area contributed by atoms with Gasteiger partial charge in [0.05, 0.1) is 5.56 Å². The molecule has 0 aliphatic heterocycles. The molecule has 0 radical (unpaired) electrons. The van der Waals surface area contributed by atoms with Crippen molar-refractivity contribution in [2.45, 2.75) is 6.54 Å². The maximum absolute atomic E-state index is 12.2. The van der Waals surface area contributed by atoms with Crippen LogP contribution in [0.5, 0.6) is 0 Å². The summed E-state index contributed by atoms with van der Waals surface area (Å²) >= 11 is 0. The van der Waals surface area contributed by atoms with Crippen LogP contribution in [0.2, 0.25) is 0 Å². The maximum Gasteiger partial charge on any atom is 0.254 e. The number of nitrogens with one attached hydrogen (secondary N) is 1. The predicted octanol–water partition coefficient (Wildman–Crippen LogP) is 2.53. The Morgan fingerprint density at radius 1 is 0.960 bits per heavy atom. The molecule has 0 fully saturated rings. The monoisotopic (exact) mass is 333 g/mol. The molecule has 2 aromatic heterocycles. The molecule has 6 nitrogen and oxygen atoms in total. The van der Waals surface area contributed by atoms with Crippen LogP contribution in [-0.2, 0) is 6.54 Å². The SMILES string of the molecule is CN(C)c1ccc(CNC(=O)c2cnc(-c3ccccc3)nc2)cn1. The zero-order valence-electron chi connectivity index (χ0n) is 14.2. The number of rotatable bonds is 5. The zero-order chi connectivity index (χ0) is 17.6. The Hall–Kier alpha value is -3.28. The van der Waals surface area contributed by atoms with Crippen molar-refractivity contribution in [3.63, 3.8) is 0 Å². The molecule has 0 aliphatic rings. The van der Waals surface area contributed by atoms with Crippen molar-refractivity contribution in [2.24, 2.45) is 0 Å². The minimum absolute atomic E-state index is 0.212. The number of hydrogen-bond acceptors (Lipinski definition) is 5. The number of anilines is 1. The molecular weight excluding hydrogens is 314 g/mol. The van der Waals surface area contributed by atoms with Crippen LogP contribution in [-0.4, -0.2) is 35.0 Å². The molecule has 0 atom stereocenters. The Kier molecular flexibility index (Phi) is 4.99. The van der Waals surface area contributed by atoms with E-state index < -0.39 is 0 Å². The second-order valence-corrected chi connectivity index (χ2v) is 5.76. The summed E-state index contributed by atoms with van der Waals surface area (Å²) in [5.41, 5.74) is 2.28. The van der Waals surface area contributed by atoms with Crippen molar-refractivity contribution >= 4 is 11.7 Å². The fraction of sp³-hybridized carbons (Fsp3) is 0.158. The second-order valence-electron chi connectivity index (χ2n) is 5.76. The summed E-state index contributed by atoms with van der Waals surface area (Å²) in [7, 11) is 3.87. The van der Waals surface area contributed by atoms with Crippen LogP contribution in [0.4, 0.5) is 5.82 Å². The second kappa shape index (κ2) is 7.53. The van der Waals surface area contributed by atoms with Gasteiger partial charge in [0.15, 0.2) is 5.82 Å². The molecule has 25 heavy (non-hydrogen) atoms. The van der Waals surface area contributed by atoms with Crippen molar-refractivity contribution in [3.05, 3.63) is 72.2 Å². The lowest BCUT2D eigenvalue weighted by atomic mass is 10.2.